The molecule has 1 amide bonds. The zero-order chi connectivity index (χ0) is 18.8. The quantitative estimate of drug-likeness (QED) is 0.856. The number of hydrogen-bond donors (Lipinski definition) is 2. The van der Waals surface area contributed by atoms with Gasteiger partial charge in [-0.05, 0) is 48.6 Å². The predicted molar refractivity (Wildman–Crippen MR) is 101 cm³/mol. The van der Waals surface area contributed by atoms with Crippen LogP contribution in [0.2, 0.25) is 0 Å². The van der Waals surface area contributed by atoms with E-state index in [0.717, 1.165) is 16.7 Å². The molecule has 0 fully saturated rings. The summed E-state index contributed by atoms with van der Waals surface area (Å²) in [5, 5.41) is 2.53. The molecular weight excluding hydrogens is 336 g/mol. The summed E-state index contributed by atoms with van der Waals surface area (Å²) in [7, 11) is -2.29. The molecule has 2 N–H and O–H groups in total. The van der Waals surface area contributed by atoms with E-state index in [1.807, 2.05) is 39.0 Å². The van der Waals surface area contributed by atoms with Gasteiger partial charge in [0.1, 0.15) is 0 Å². The molecule has 2 aromatic carbocycles. The number of carbonyl (C=O) groups excluding carboxylic acids is 1. The first-order valence-electron chi connectivity index (χ1n) is 8.12. The van der Waals surface area contributed by atoms with Crippen LogP contribution in [-0.4, -0.2) is 21.4 Å². The monoisotopic (exact) mass is 360 g/mol. The van der Waals surface area contributed by atoms with Crippen LogP contribution in [0.15, 0.2) is 41.3 Å². The minimum atomic E-state index is -3.80. The van der Waals surface area contributed by atoms with Crippen LogP contribution in [0, 0.1) is 13.8 Å². The maximum absolute atomic E-state index is 12.9. The van der Waals surface area contributed by atoms with Crippen molar-refractivity contribution in [3.63, 3.8) is 0 Å². The van der Waals surface area contributed by atoms with E-state index in [-0.39, 0.29) is 16.7 Å². The van der Waals surface area contributed by atoms with Crippen LogP contribution in [0.5, 0.6) is 0 Å². The fourth-order valence-electron chi connectivity index (χ4n) is 2.65. The lowest BCUT2D eigenvalue weighted by Crippen LogP contribution is -2.21. The maximum atomic E-state index is 12.9. The number of aryl methyl sites for hydroxylation is 2. The van der Waals surface area contributed by atoms with Crippen molar-refractivity contribution in [2.24, 2.45) is 0 Å². The van der Waals surface area contributed by atoms with Gasteiger partial charge in [-0.25, -0.2) is 8.42 Å². The summed E-state index contributed by atoms with van der Waals surface area (Å²) < 4.78 is 28.4. The SMILES string of the molecule is CNC(=O)c1cc(S(=O)(=O)Nc2c(C)cccc2C(C)C)ccc1C. The van der Waals surface area contributed by atoms with Gasteiger partial charge >= 0.3 is 0 Å². The van der Waals surface area contributed by atoms with Crippen molar-refractivity contribution in [3.8, 4) is 0 Å². The fraction of sp³-hybridized carbons (Fsp3) is 0.316. The zero-order valence-corrected chi connectivity index (χ0v) is 16.0. The number of hydrogen-bond acceptors (Lipinski definition) is 3. The minimum Gasteiger partial charge on any atom is -0.355 e. The Kier molecular flexibility index (Phi) is 5.52. The summed E-state index contributed by atoms with van der Waals surface area (Å²) in [5.41, 5.74) is 3.45. The Labute approximate surface area is 149 Å². The second-order valence-electron chi connectivity index (χ2n) is 6.36. The van der Waals surface area contributed by atoms with Crippen molar-refractivity contribution in [2.75, 3.05) is 11.8 Å². The normalized spacial score (nSPS) is 11.4. The van der Waals surface area contributed by atoms with Crippen molar-refractivity contribution in [1.29, 1.82) is 0 Å². The van der Waals surface area contributed by atoms with Gasteiger partial charge in [0, 0.05) is 12.6 Å². The van der Waals surface area contributed by atoms with Gasteiger partial charge in [0.2, 0.25) is 0 Å². The Bertz CT molecular complexity index is 903. The van der Waals surface area contributed by atoms with Gasteiger partial charge in [0.25, 0.3) is 15.9 Å². The number of sulfonamides is 1. The molecule has 25 heavy (non-hydrogen) atoms. The first kappa shape index (κ1) is 19.0. The fourth-order valence-corrected chi connectivity index (χ4v) is 3.84. The van der Waals surface area contributed by atoms with Gasteiger partial charge in [0.05, 0.1) is 10.6 Å². The Morgan fingerprint density at radius 2 is 1.72 bits per heavy atom. The Balaban J connectivity index is 2.50. The molecule has 0 spiro atoms. The molecule has 0 aliphatic rings. The molecule has 0 radical (unpaired) electrons. The minimum absolute atomic E-state index is 0.0645. The second-order valence-corrected chi connectivity index (χ2v) is 8.04. The average molecular weight is 360 g/mol. The number of rotatable bonds is 5. The largest absolute Gasteiger partial charge is 0.355 e. The molecule has 0 unspecified atom stereocenters. The lowest BCUT2D eigenvalue weighted by Gasteiger charge is -2.18. The third-order valence-corrected chi connectivity index (χ3v) is 5.50. The third-order valence-electron chi connectivity index (χ3n) is 4.15. The molecule has 2 aromatic rings. The molecular formula is C19H24N2O3S. The third kappa shape index (κ3) is 4.02. The van der Waals surface area contributed by atoms with E-state index >= 15 is 0 Å². The molecule has 2 rings (SSSR count). The van der Waals surface area contributed by atoms with Gasteiger partial charge in [0.15, 0.2) is 0 Å². The van der Waals surface area contributed by atoms with Crippen LogP contribution in [0.1, 0.15) is 46.8 Å². The van der Waals surface area contributed by atoms with E-state index in [1.54, 1.807) is 13.0 Å². The van der Waals surface area contributed by atoms with E-state index < -0.39 is 10.0 Å². The maximum Gasteiger partial charge on any atom is 0.261 e. The van der Waals surface area contributed by atoms with Crippen LogP contribution in [0.25, 0.3) is 0 Å². The molecule has 0 aliphatic carbocycles. The van der Waals surface area contributed by atoms with E-state index in [0.29, 0.717) is 11.3 Å². The van der Waals surface area contributed by atoms with Crippen molar-refractivity contribution in [2.45, 2.75) is 38.5 Å². The smallest absolute Gasteiger partial charge is 0.261 e. The van der Waals surface area contributed by atoms with Gasteiger partial charge in [-0.1, -0.05) is 38.1 Å². The number of anilines is 1. The summed E-state index contributed by atoms with van der Waals surface area (Å²) in [4.78, 5) is 12.0. The molecule has 0 saturated heterocycles. The lowest BCUT2D eigenvalue weighted by atomic mass is 9.99. The Hall–Kier alpha value is -2.34. The van der Waals surface area contributed by atoms with E-state index in [2.05, 4.69) is 10.0 Å². The second kappa shape index (κ2) is 7.27. The predicted octanol–water partition coefficient (Wildman–Crippen LogP) is 3.59. The standard InChI is InChI=1S/C19H24N2O3S/c1-12(2)16-8-6-7-14(4)18(16)21-25(23,24)15-10-9-13(3)17(11-15)19(22)20-5/h6-12,21H,1-5H3,(H,20,22). The number of benzene rings is 2. The molecule has 0 aliphatic heterocycles. The Morgan fingerprint density at radius 1 is 1.04 bits per heavy atom. The van der Waals surface area contributed by atoms with E-state index in [4.69, 9.17) is 0 Å². The molecule has 134 valence electrons. The van der Waals surface area contributed by atoms with Gasteiger partial charge < -0.3 is 5.32 Å². The zero-order valence-electron chi connectivity index (χ0n) is 15.2. The number of para-hydroxylation sites is 1. The first-order chi connectivity index (χ1) is 11.7. The van der Waals surface area contributed by atoms with Crippen LogP contribution in [0.3, 0.4) is 0 Å². The lowest BCUT2D eigenvalue weighted by molar-refractivity contribution is 0.0962. The highest BCUT2D eigenvalue weighted by molar-refractivity contribution is 7.92. The summed E-state index contributed by atoms with van der Waals surface area (Å²) in [6.45, 7) is 7.67. The van der Waals surface area contributed by atoms with Crippen LogP contribution in [0.4, 0.5) is 5.69 Å². The van der Waals surface area contributed by atoms with Crippen LogP contribution >= 0.6 is 0 Å². The highest BCUT2D eigenvalue weighted by atomic mass is 32.2. The van der Waals surface area contributed by atoms with E-state index in [9.17, 15) is 13.2 Å². The highest BCUT2D eigenvalue weighted by Crippen LogP contribution is 2.29. The summed E-state index contributed by atoms with van der Waals surface area (Å²) in [6, 6.07) is 10.3. The highest BCUT2D eigenvalue weighted by Gasteiger charge is 2.20. The molecule has 0 heterocycles. The molecule has 0 atom stereocenters. The van der Waals surface area contributed by atoms with Crippen LogP contribution in [-0.2, 0) is 10.0 Å². The average Bonchev–Trinajstić information content (AvgIpc) is 2.55. The number of carbonyl (C=O) groups is 1. The molecule has 5 nitrogen and oxygen atoms in total. The van der Waals surface area contributed by atoms with Crippen LogP contribution < -0.4 is 10.0 Å². The summed E-state index contributed by atoms with van der Waals surface area (Å²) >= 11 is 0. The van der Waals surface area contributed by atoms with Gasteiger partial charge in [-0.3, -0.25) is 9.52 Å². The van der Waals surface area contributed by atoms with Gasteiger partial charge in [-0.2, -0.15) is 0 Å². The number of amides is 1. The van der Waals surface area contributed by atoms with Crippen molar-refractivity contribution in [1.82, 2.24) is 5.32 Å². The molecule has 0 saturated carbocycles. The molecule has 0 aromatic heterocycles. The Morgan fingerprint density at radius 3 is 2.32 bits per heavy atom. The summed E-state index contributed by atoms with van der Waals surface area (Å²) in [5.74, 6) is -0.134. The molecule has 0 bridgehead atoms. The topological polar surface area (TPSA) is 75.3 Å². The molecule has 6 heteroatoms. The van der Waals surface area contributed by atoms with Gasteiger partial charge in [-0.15, -0.1) is 0 Å². The van der Waals surface area contributed by atoms with Crippen molar-refractivity contribution in [3.05, 3.63) is 58.7 Å². The number of nitrogens with one attached hydrogen (secondary N) is 2. The first-order valence-corrected chi connectivity index (χ1v) is 9.60. The summed E-state index contributed by atoms with van der Waals surface area (Å²) in [6.07, 6.45) is 0. The van der Waals surface area contributed by atoms with Crippen molar-refractivity contribution >= 4 is 21.6 Å². The van der Waals surface area contributed by atoms with Crippen molar-refractivity contribution < 1.29 is 13.2 Å². The van der Waals surface area contributed by atoms with E-state index in [1.165, 1.54) is 19.2 Å².